The van der Waals surface area contributed by atoms with Crippen LogP contribution < -0.4 is 5.73 Å². The molecule has 152 valence electrons. The highest BCUT2D eigenvalue weighted by molar-refractivity contribution is 5.95. The standard InChI is InChI=1S/C21H24FN5O2/c22-19-16(2-1-5-25-19)20(28)26-13-3-4-14(26)8-12(7-13)18(24)21(29)27-15(10-23)6-11-9-17(11)27/h1-2,5,11-15,17-18H,3-4,6-9,24H2/t11?,12?,13-,14?,15?,17?,18-/m0/s1. The van der Waals surface area contributed by atoms with Crippen LogP contribution in [0.4, 0.5) is 4.39 Å². The number of carbonyl (C=O) groups excluding carboxylic acids is 2. The van der Waals surface area contributed by atoms with Crippen molar-refractivity contribution < 1.29 is 14.0 Å². The Bertz CT molecular complexity index is 887. The first-order chi connectivity index (χ1) is 14.0. The largest absolute Gasteiger partial charge is 0.333 e. The van der Waals surface area contributed by atoms with Gasteiger partial charge < -0.3 is 15.5 Å². The van der Waals surface area contributed by atoms with Crippen LogP contribution in [0.1, 0.15) is 48.9 Å². The van der Waals surface area contributed by atoms with Crippen LogP contribution in [-0.2, 0) is 4.79 Å². The number of halogens is 1. The molecule has 1 saturated carbocycles. The van der Waals surface area contributed by atoms with Gasteiger partial charge in [0.1, 0.15) is 6.04 Å². The third-order valence-electron chi connectivity index (χ3n) is 7.29. The zero-order chi connectivity index (χ0) is 20.3. The summed E-state index contributed by atoms with van der Waals surface area (Å²) in [7, 11) is 0. The highest BCUT2D eigenvalue weighted by Crippen LogP contribution is 2.48. The number of piperidine rings is 2. The van der Waals surface area contributed by atoms with E-state index in [0.29, 0.717) is 18.8 Å². The van der Waals surface area contributed by atoms with Gasteiger partial charge in [-0.3, -0.25) is 9.59 Å². The van der Waals surface area contributed by atoms with Gasteiger partial charge in [-0.15, -0.1) is 0 Å². The summed E-state index contributed by atoms with van der Waals surface area (Å²) in [6.07, 6.45) is 6.01. The van der Waals surface area contributed by atoms with Crippen LogP contribution in [0, 0.1) is 29.1 Å². The number of nitrogens with zero attached hydrogens (tertiary/aromatic N) is 4. The quantitative estimate of drug-likeness (QED) is 0.778. The fourth-order valence-corrected chi connectivity index (χ4v) is 5.79. The van der Waals surface area contributed by atoms with Crippen LogP contribution in [-0.4, -0.2) is 56.8 Å². The second-order valence-electron chi connectivity index (χ2n) is 8.89. The van der Waals surface area contributed by atoms with Crippen LogP contribution in [0.15, 0.2) is 18.3 Å². The van der Waals surface area contributed by atoms with E-state index in [0.717, 1.165) is 25.7 Å². The lowest BCUT2D eigenvalue weighted by molar-refractivity contribution is -0.135. The molecule has 29 heavy (non-hydrogen) atoms. The normalized spacial score (nSPS) is 35.8. The maximum Gasteiger partial charge on any atom is 0.258 e. The van der Waals surface area contributed by atoms with E-state index >= 15 is 0 Å². The van der Waals surface area contributed by atoms with Crippen LogP contribution in [0.5, 0.6) is 0 Å². The van der Waals surface area contributed by atoms with E-state index in [2.05, 4.69) is 11.1 Å². The van der Waals surface area contributed by atoms with Gasteiger partial charge in [0.15, 0.2) is 0 Å². The van der Waals surface area contributed by atoms with E-state index in [4.69, 9.17) is 5.73 Å². The van der Waals surface area contributed by atoms with Gasteiger partial charge in [0.05, 0.1) is 17.7 Å². The van der Waals surface area contributed by atoms with Crippen molar-refractivity contribution in [2.24, 2.45) is 17.6 Å². The number of hydrogen-bond acceptors (Lipinski definition) is 5. The molecule has 5 rings (SSSR count). The lowest BCUT2D eigenvalue weighted by Gasteiger charge is -2.41. The zero-order valence-electron chi connectivity index (χ0n) is 16.1. The van der Waals surface area contributed by atoms with E-state index in [1.165, 1.54) is 12.3 Å². The molecule has 8 heteroatoms. The van der Waals surface area contributed by atoms with Gasteiger partial charge in [0, 0.05) is 24.3 Å². The van der Waals surface area contributed by atoms with Gasteiger partial charge in [-0.25, -0.2) is 4.98 Å². The van der Waals surface area contributed by atoms with Gasteiger partial charge in [-0.05, 0) is 62.5 Å². The summed E-state index contributed by atoms with van der Waals surface area (Å²) in [6, 6.07) is 4.37. The molecule has 2 bridgehead atoms. The lowest BCUT2D eigenvalue weighted by atomic mass is 9.84. The second kappa shape index (κ2) is 6.77. The summed E-state index contributed by atoms with van der Waals surface area (Å²) in [5.74, 6) is -0.766. The molecule has 2 N–H and O–H groups in total. The number of rotatable bonds is 3. The fraction of sp³-hybridized carbons (Fsp3) is 0.619. The van der Waals surface area contributed by atoms with Crippen molar-refractivity contribution in [2.45, 2.75) is 68.7 Å². The maximum absolute atomic E-state index is 14.0. The molecule has 5 unspecified atom stereocenters. The number of nitriles is 1. The number of pyridine rings is 1. The Kier molecular flexibility index (Phi) is 4.32. The summed E-state index contributed by atoms with van der Waals surface area (Å²) in [6.45, 7) is 0. The van der Waals surface area contributed by atoms with Crippen molar-refractivity contribution in [3.63, 3.8) is 0 Å². The van der Waals surface area contributed by atoms with E-state index in [1.807, 2.05) is 0 Å². The van der Waals surface area contributed by atoms with Crippen molar-refractivity contribution in [3.05, 3.63) is 29.8 Å². The van der Waals surface area contributed by atoms with E-state index < -0.39 is 12.0 Å². The van der Waals surface area contributed by atoms with Crippen molar-refractivity contribution >= 4 is 11.8 Å². The lowest BCUT2D eigenvalue weighted by Crippen LogP contribution is -2.55. The number of nitrogens with two attached hydrogens (primary N) is 1. The minimum atomic E-state index is -0.749. The Balaban J connectivity index is 1.30. The Morgan fingerprint density at radius 2 is 1.93 bits per heavy atom. The molecule has 4 aliphatic rings. The van der Waals surface area contributed by atoms with Crippen molar-refractivity contribution in [3.8, 4) is 6.07 Å². The molecule has 3 aliphatic heterocycles. The molecule has 2 amide bonds. The van der Waals surface area contributed by atoms with Crippen molar-refractivity contribution in [2.75, 3.05) is 0 Å². The fourth-order valence-electron chi connectivity index (χ4n) is 5.79. The Labute approximate surface area is 168 Å². The smallest absolute Gasteiger partial charge is 0.258 e. The minimum Gasteiger partial charge on any atom is -0.333 e. The first-order valence-electron chi connectivity index (χ1n) is 10.4. The number of aromatic nitrogens is 1. The first-order valence-corrected chi connectivity index (χ1v) is 10.4. The van der Waals surface area contributed by atoms with Crippen molar-refractivity contribution in [1.29, 1.82) is 5.26 Å². The molecule has 0 spiro atoms. The second-order valence-corrected chi connectivity index (χ2v) is 8.89. The van der Waals surface area contributed by atoms with Gasteiger partial charge in [0.25, 0.3) is 5.91 Å². The molecule has 3 saturated heterocycles. The molecule has 7 nitrogen and oxygen atoms in total. The number of fused-ring (bicyclic) bond motifs is 3. The maximum atomic E-state index is 14.0. The molecule has 1 aromatic heterocycles. The van der Waals surface area contributed by atoms with E-state index in [-0.39, 0.29) is 47.5 Å². The highest BCUT2D eigenvalue weighted by Gasteiger charge is 2.56. The molecular formula is C21H24FN5O2. The van der Waals surface area contributed by atoms with Crippen LogP contribution in [0.2, 0.25) is 0 Å². The van der Waals surface area contributed by atoms with Crippen LogP contribution in [0.25, 0.3) is 0 Å². The summed E-state index contributed by atoms with van der Waals surface area (Å²) in [4.78, 5) is 33.1. The molecule has 1 aromatic rings. The third-order valence-corrected chi connectivity index (χ3v) is 7.29. The average molecular weight is 397 g/mol. The molecule has 4 fully saturated rings. The summed E-state index contributed by atoms with van der Waals surface area (Å²) in [5.41, 5.74) is 6.40. The summed E-state index contributed by atoms with van der Waals surface area (Å²) < 4.78 is 14.0. The Morgan fingerprint density at radius 3 is 2.59 bits per heavy atom. The summed E-state index contributed by atoms with van der Waals surface area (Å²) in [5, 5.41) is 9.37. The van der Waals surface area contributed by atoms with Gasteiger partial charge in [-0.2, -0.15) is 9.65 Å². The predicted molar refractivity (Wildman–Crippen MR) is 101 cm³/mol. The summed E-state index contributed by atoms with van der Waals surface area (Å²) >= 11 is 0. The number of amides is 2. The van der Waals surface area contributed by atoms with Crippen LogP contribution in [0.3, 0.4) is 0 Å². The monoisotopic (exact) mass is 397 g/mol. The zero-order valence-corrected chi connectivity index (χ0v) is 16.1. The van der Waals surface area contributed by atoms with E-state index in [9.17, 15) is 19.2 Å². The SMILES string of the molecule is N#CC1CC2CC2N1C(=O)[C@@H](N)C1CC2CC[C@@H](C1)N2C(=O)c1cccnc1F. The number of hydrogen-bond donors (Lipinski definition) is 1. The average Bonchev–Trinajstić information content (AvgIpc) is 3.31. The highest BCUT2D eigenvalue weighted by atomic mass is 19.1. The van der Waals surface area contributed by atoms with Gasteiger partial charge in [0.2, 0.25) is 11.9 Å². The molecule has 0 aromatic carbocycles. The molecule has 0 radical (unpaired) electrons. The van der Waals surface area contributed by atoms with Gasteiger partial charge >= 0.3 is 0 Å². The molecule has 4 heterocycles. The number of likely N-dealkylation sites (tertiary alicyclic amines) is 1. The predicted octanol–water partition coefficient (Wildman–Crippen LogP) is 1.44. The van der Waals surface area contributed by atoms with Crippen molar-refractivity contribution in [1.82, 2.24) is 14.8 Å². The molecular weight excluding hydrogens is 373 g/mol. The van der Waals surface area contributed by atoms with E-state index in [1.54, 1.807) is 15.9 Å². The Morgan fingerprint density at radius 1 is 1.21 bits per heavy atom. The minimum absolute atomic E-state index is 0.00284. The molecule has 7 atom stereocenters. The topological polar surface area (TPSA) is 103 Å². The van der Waals surface area contributed by atoms with Gasteiger partial charge in [-0.1, -0.05) is 0 Å². The third kappa shape index (κ3) is 2.91. The number of carbonyl (C=O) groups is 2. The molecule has 1 aliphatic carbocycles. The van der Waals surface area contributed by atoms with Crippen LogP contribution >= 0.6 is 0 Å². The Hall–Kier alpha value is -2.53. The first kappa shape index (κ1) is 18.5.